The molecule has 2 atom stereocenters. The lowest BCUT2D eigenvalue weighted by molar-refractivity contribution is 0.166. The van der Waals surface area contributed by atoms with Gasteiger partial charge in [0.25, 0.3) is 0 Å². The Morgan fingerprint density at radius 3 is 2.64 bits per heavy atom. The summed E-state index contributed by atoms with van der Waals surface area (Å²) in [5, 5.41) is 14.0. The van der Waals surface area contributed by atoms with Gasteiger partial charge in [-0.3, -0.25) is 4.90 Å². The van der Waals surface area contributed by atoms with Gasteiger partial charge in [0, 0.05) is 13.6 Å². The van der Waals surface area contributed by atoms with Gasteiger partial charge in [-0.25, -0.2) is 9.59 Å². The maximum atomic E-state index is 11.6. The van der Waals surface area contributed by atoms with Crippen molar-refractivity contribution >= 4 is 12.1 Å². The summed E-state index contributed by atoms with van der Waals surface area (Å²) in [6.45, 7) is 0.116. The van der Waals surface area contributed by atoms with Crippen molar-refractivity contribution in [2.24, 2.45) is 0 Å². The Morgan fingerprint density at radius 1 is 1.36 bits per heavy atom. The molecule has 0 unspecified atom stereocenters. The van der Waals surface area contributed by atoms with Crippen LogP contribution < -0.4 is 10.6 Å². The minimum atomic E-state index is -0.368. The molecular weight excluding hydrogens is 188 g/mol. The topological polar surface area (TPSA) is 84.9 Å². The highest BCUT2D eigenvalue weighted by atomic mass is 16.3. The van der Waals surface area contributed by atoms with Gasteiger partial charge in [0.2, 0.25) is 0 Å². The van der Waals surface area contributed by atoms with E-state index in [4.69, 9.17) is 5.11 Å². The van der Waals surface area contributed by atoms with Gasteiger partial charge in [-0.2, -0.15) is 0 Å². The first kappa shape index (κ1) is 9.07. The molecule has 0 bridgehead atoms. The number of hydrogen-bond acceptors (Lipinski definition) is 3. The molecule has 14 heavy (non-hydrogen) atoms. The van der Waals surface area contributed by atoms with Crippen LogP contribution >= 0.6 is 0 Å². The zero-order chi connectivity index (χ0) is 10.3. The minimum Gasteiger partial charge on any atom is -0.395 e. The Morgan fingerprint density at radius 2 is 2.00 bits per heavy atom. The molecule has 2 rings (SSSR count). The zero-order valence-corrected chi connectivity index (χ0v) is 7.73. The first-order valence-electron chi connectivity index (χ1n) is 4.36. The van der Waals surface area contributed by atoms with Gasteiger partial charge in [-0.1, -0.05) is 0 Å². The lowest BCUT2D eigenvalue weighted by Gasteiger charge is -2.19. The Bertz CT molecular complexity index is 282. The second-order valence-electron chi connectivity index (χ2n) is 3.32. The van der Waals surface area contributed by atoms with Crippen molar-refractivity contribution in [3.8, 4) is 0 Å². The normalized spacial score (nSPS) is 30.4. The summed E-state index contributed by atoms with van der Waals surface area (Å²) in [7, 11) is 1.62. The van der Waals surface area contributed by atoms with E-state index in [9.17, 15) is 9.59 Å². The van der Waals surface area contributed by atoms with Crippen LogP contribution in [-0.4, -0.2) is 59.5 Å². The van der Waals surface area contributed by atoms with Crippen LogP contribution in [0, 0.1) is 0 Å². The summed E-state index contributed by atoms with van der Waals surface area (Å²) in [6, 6.07) is -0.483. The van der Waals surface area contributed by atoms with E-state index in [1.54, 1.807) is 7.05 Å². The molecule has 2 fully saturated rings. The van der Waals surface area contributed by atoms with Crippen LogP contribution in [0.1, 0.15) is 0 Å². The predicted octanol–water partition coefficient (Wildman–Crippen LogP) is -1.69. The Kier molecular flexibility index (Phi) is 1.95. The van der Waals surface area contributed by atoms with Gasteiger partial charge in [0.1, 0.15) is 12.3 Å². The van der Waals surface area contributed by atoms with Gasteiger partial charge >= 0.3 is 12.1 Å². The summed E-state index contributed by atoms with van der Waals surface area (Å²) in [5.74, 6) is 0. The van der Waals surface area contributed by atoms with Crippen LogP contribution in [0.4, 0.5) is 9.59 Å². The molecular formula is C7H12N4O3. The lowest BCUT2D eigenvalue weighted by Crippen LogP contribution is -2.44. The van der Waals surface area contributed by atoms with E-state index < -0.39 is 0 Å². The Balaban J connectivity index is 2.18. The largest absolute Gasteiger partial charge is 0.395 e. The number of likely N-dealkylation sites (N-methyl/N-ethyl adjacent to an activating group) is 1. The molecule has 2 aliphatic heterocycles. The molecule has 78 valence electrons. The molecule has 2 heterocycles. The number of nitrogens with one attached hydrogen (secondary N) is 2. The van der Waals surface area contributed by atoms with Gasteiger partial charge < -0.3 is 20.6 Å². The molecule has 0 aliphatic carbocycles. The van der Waals surface area contributed by atoms with Gasteiger partial charge in [0.15, 0.2) is 0 Å². The summed E-state index contributed by atoms with van der Waals surface area (Å²) >= 11 is 0. The van der Waals surface area contributed by atoms with Crippen LogP contribution in [-0.2, 0) is 0 Å². The molecule has 0 aromatic rings. The number of nitrogens with zero attached hydrogens (tertiary/aromatic N) is 2. The first-order valence-corrected chi connectivity index (χ1v) is 4.36. The third-order valence-electron chi connectivity index (χ3n) is 2.50. The summed E-state index contributed by atoms with van der Waals surface area (Å²) in [4.78, 5) is 25.5. The quantitative estimate of drug-likeness (QED) is 0.497. The number of carbonyl (C=O) groups is 2. The minimum absolute atomic E-state index is 0.112. The predicted molar refractivity (Wildman–Crippen MR) is 46.2 cm³/mol. The van der Waals surface area contributed by atoms with Crippen molar-refractivity contribution in [2.45, 2.75) is 12.3 Å². The fourth-order valence-corrected chi connectivity index (χ4v) is 1.81. The fourth-order valence-electron chi connectivity index (χ4n) is 1.81. The second kappa shape index (κ2) is 3.02. The average Bonchev–Trinajstić information content (AvgIpc) is 2.61. The zero-order valence-electron chi connectivity index (χ0n) is 7.73. The number of urea groups is 2. The van der Waals surface area contributed by atoms with Crippen molar-refractivity contribution in [1.82, 2.24) is 20.4 Å². The van der Waals surface area contributed by atoms with E-state index in [0.717, 1.165) is 0 Å². The van der Waals surface area contributed by atoms with Crippen LogP contribution in [0.25, 0.3) is 0 Å². The first-order chi connectivity index (χ1) is 6.65. The van der Waals surface area contributed by atoms with Crippen LogP contribution in [0.3, 0.4) is 0 Å². The molecule has 0 radical (unpaired) electrons. The molecule has 2 aliphatic rings. The molecule has 0 aromatic carbocycles. The van der Waals surface area contributed by atoms with E-state index in [2.05, 4.69) is 10.6 Å². The van der Waals surface area contributed by atoms with Crippen molar-refractivity contribution in [3.63, 3.8) is 0 Å². The number of fused-ring (bicyclic) bond motifs is 1. The van der Waals surface area contributed by atoms with Crippen molar-refractivity contribution in [1.29, 1.82) is 0 Å². The van der Waals surface area contributed by atoms with E-state index in [-0.39, 0.29) is 37.5 Å². The van der Waals surface area contributed by atoms with Crippen molar-refractivity contribution in [2.75, 3.05) is 20.2 Å². The molecule has 0 spiro atoms. The number of aliphatic hydroxyl groups excluding tert-OH is 1. The molecule has 3 N–H and O–H groups in total. The molecule has 0 aromatic heterocycles. The van der Waals surface area contributed by atoms with Crippen molar-refractivity contribution < 1.29 is 14.7 Å². The monoisotopic (exact) mass is 200 g/mol. The maximum absolute atomic E-state index is 11.6. The summed E-state index contributed by atoms with van der Waals surface area (Å²) in [5.41, 5.74) is 0. The summed E-state index contributed by atoms with van der Waals surface area (Å²) < 4.78 is 0. The van der Waals surface area contributed by atoms with Crippen LogP contribution in [0.15, 0.2) is 0 Å². The van der Waals surface area contributed by atoms with Crippen LogP contribution in [0.2, 0.25) is 0 Å². The highest BCUT2D eigenvalue weighted by molar-refractivity contribution is 5.84. The molecule has 7 heteroatoms. The van der Waals surface area contributed by atoms with Gasteiger partial charge in [0.05, 0.1) is 6.61 Å². The lowest BCUT2D eigenvalue weighted by atomic mass is 10.4. The number of carbonyl (C=O) groups excluding carboxylic acids is 2. The summed E-state index contributed by atoms with van der Waals surface area (Å²) in [6.07, 6.45) is -0.700. The highest BCUT2D eigenvalue weighted by Crippen LogP contribution is 2.20. The number of β-amino-alcohol motifs (C(OH)–C–C–N with tert-alkyl or cyclic N) is 1. The SMILES string of the molecule is CN1C(=O)N(CCO)[C@H]2NC(=O)N[C@H]21. The van der Waals surface area contributed by atoms with Gasteiger partial charge in [-0.05, 0) is 0 Å². The van der Waals surface area contributed by atoms with Crippen LogP contribution in [0.5, 0.6) is 0 Å². The second-order valence-corrected chi connectivity index (χ2v) is 3.32. The van der Waals surface area contributed by atoms with E-state index in [1.165, 1.54) is 9.80 Å². The van der Waals surface area contributed by atoms with Crippen molar-refractivity contribution in [3.05, 3.63) is 0 Å². The van der Waals surface area contributed by atoms with Gasteiger partial charge in [-0.15, -0.1) is 0 Å². The average molecular weight is 200 g/mol. The highest BCUT2D eigenvalue weighted by Gasteiger charge is 2.48. The Hall–Kier alpha value is -1.50. The number of hydrogen-bond donors (Lipinski definition) is 3. The Labute approximate surface area is 80.7 Å². The third kappa shape index (κ3) is 1.09. The number of amides is 4. The molecule has 0 saturated carbocycles. The van der Waals surface area contributed by atoms with E-state index in [0.29, 0.717) is 0 Å². The molecule has 7 nitrogen and oxygen atoms in total. The molecule has 4 amide bonds. The molecule has 2 saturated heterocycles. The standard InChI is InChI=1S/C7H12N4O3/c1-10-4-5(9-6(13)8-4)11(2-3-12)7(10)14/h4-5,12H,2-3H2,1H3,(H2,8,9,13)/t4-,5+/m0/s1. The fraction of sp³-hybridized carbons (Fsp3) is 0.714. The maximum Gasteiger partial charge on any atom is 0.323 e. The van der Waals surface area contributed by atoms with E-state index in [1.807, 2.05) is 0 Å². The van der Waals surface area contributed by atoms with E-state index >= 15 is 0 Å². The smallest absolute Gasteiger partial charge is 0.323 e. The number of rotatable bonds is 2. The number of aliphatic hydroxyl groups is 1. The third-order valence-corrected chi connectivity index (χ3v) is 2.50.